The van der Waals surface area contributed by atoms with Gasteiger partial charge in [-0.3, -0.25) is 0 Å². The zero-order valence-electron chi connectivity index (χ0n) is 12.4. The Hall–Kier alpha value is -2.66. The highest BCUT2D eigenvalue weighted by molar-refractivity contribution is 7.18. The van der Waals surface area contributed by atoms with E-state index < -0.39 is 17.8 Å². The van der Waals surface area contributed by atoms with E-state index >= 15 is 0 Å². The van der Waals surface area contributed by atoms with E-state index in [0.29, 0.717) is 21.6 Å². The van der Waals surface area contributed by atoms with Crippen LogP contribution in [-0.2, 0) is 6.18 Å². The highest BCUT2D eigenvalue weighted by atomic mass is 32.1. The molecule has 1 unspecified atom stereocenters. The molecule has 1 aromatic carbocycles. The first-order chi connectivity index (χ1) is 11.4. The van der Waals surface area contributed by atoms with Gasteiger partial charge in [-0.1, -0.05) is 18.2 Å². The molecule has 1 atom stereocenters. The van der Waals surface area contributed by atoms with Gasteiger partial charge in [-0.2, -0.15) is 18.4 Å². The van der Waals surface area contributed by atoms with Crippen LogP contribution in [0.1, 0.15) is 29.7 Å². The second-order valence-electron chi connectivity index (χ2n) is 5.11. The number of nitrogens with one attached hydrogen (secondary N) is 1. The lowest BCUT2D eigenvalue weighted by Crippen LogP contribution is -2.15. The summed E-state index contributed by atoms with van der Waals surface area (Å²) in [5.74, 6) is 0.413. The Morgan fingerprint density at radius 2 is 2.00 bits per heavy atom. The van der Waals surface area contributed by atoms with Gasteiger partial charge in [0.1, 0.15) is 23.7 Å². The van der Waals surface area contributed by atoms with Gasteiger partial charge in [-0.25, -0.2) is 9.97 Å². The Bertz CT molecular complexity index is 927. The van der Waals surface area contributed by atoms with Crippen molar-refractivity contribution in [1.82, 2.24) is 9.97 Å². The number of halogens is 3. The maximum absolute atomic E-state index is 13.2. The molecule has 2 heterocycles. The summed E-state index contributed by atoms with van der Waals surface area (Å²) in [4.78, 5) is 8.18. The zero-order chi connectivity index (χ0) is 17.3. The number of thiophene rings is 1. The lowest BCUT2D eigenvalue weighted by Gasteiger charge is -2.20. The average molecular weight is 348 g/mol. The summed E-state index contributed by atoms with van der Waals surface area (Å²) >= 11 is 1.28. The molecule has 0 radical (unpaired) electrons. The van der Waals surface area contributed by atoms with Crippen LogP contribution in [0.4, 0.5) is 19.0 Å². The second-order valence-corrected chi connectivity index (χ2v) is 5.99. The molecule has 4 nitrogen and oxygen atoms in total. The number of rotatable bonds is 3. The van der Waals surface area contributed by atoms with Crippen LogP contribution in [0.5, 0.6) is 0 Å². The third-order valence-electron chi connectivity index (χ3n) is 3.56. The largest absolute Gasteiger partial charge is 0.416 e. The molecule has 0 bridgehead atoms. The van der Waals surface area contributed by atoms with E-state index in [-0.39, 0.29) is 5.56 Å². The van der Waals surface area contributed by atoms with Gasteiger partial charge in [-0.15, -0.1) is 11.3 Å². The normalized spacial score (nSPS) is 12.8. The number of benzene rings is 1. The van der Waals surface area contributed by atoms with Crippen LogP contribution in [-0.4, -0.2) is 9.97 Å². The van der Waals surface area contributed by atoms with Crippen molar-refractivity contribution in [2.45, 2.75) is 19.1 Å². The van der Waals surface area contributed by atoms with E-state index in [2.05, 4.69) is 15.3 Å². The van der Waals surface area contributed by atoms with Gasteiger partial charge < -0.3 is 5.32 Å². The highest BCUT2D eigenvalue weighted by Gasteiger charge is 2.34. The summed E-state index contributed by atoms with van der Waals surface area (Å²) < 4.78 is 40.1. The molecule has 0 fully saturated rings. The van der Waals surface area contributed by atoms with Gasteiger partial charge >= 0.3 is 6.18 Å². The Labute approximate surface area is 139 Å². The lowest BCUT2D eigenvalue weighted by molar-refractivity contribution is -0.138. The number of anilines is 1. The van der Waals surface area contributed by atoms with Crippen LogP contribution in [0.25, 0.3) is 10.2 Å². The van der Waals surface area contributed by atoms with Crippen molar-refractivity contribution < 1.29 is 13.2 Å². The number of nitrogens with zero attached hydrogens (tertiary/aromatic N) is 3. The van der Waals surface area contributed by atoms with Gasteiger partial charge in [0, 0.05) is 5.38 Å². The zero-order valence-corrected chi connectivity index (χ0v) is 13.2. The SMILES string of the molecule is CC(Nc1ncnc2c(C#N)csc12)c1ccccc1C(F)(F)F. The molecule has 0 aliphatic heterocycles. The average Bonchev–Trinajstić information content (AvgIpc) is 2.98. The molecule has 24 heavy (non-hydrogen) atoms. The molecule has 8 heteroatoms. The van der Waals surface area contributed by atoms with E-state index in [1.54, 1.807) is 18.4 Å². The molecule has 2 aromatic heterocycles. The molecule has 0 spiro atoms. The van der Waals surface area contributed by atoms with Crippen LogP contribution in [0.2, 0.25) is 0 Å². The third kappa shape index (κ3) is 2.90. The minimum atomic E-state index is -4.43. The quantitative estimate of drug-likeness (QED) is 0.742. The maximum Gasteiger partial charge on any atom is 0.416 e. The summed E-state index contributed by atoms with van der Waals surface area (Å²) in [6.07, 6.45) is -3.13. The van der Waals surface area contributed by atoms with Crippen molar-refractivity contribution in [3.63, 3.8) is 0 Å². The summed E-state index contributed by atoms with van der Waals surface area (Å²) in [5, 5.41) is 13.7. The number of fused-ring (bicyclic) bond motifs is 1. The minimum Gasteiger partial charge on any atom is -0.362 e. The molecular formula is C16H11F3N4S. The Morgan fingerprint density at radius 1 is 1.25 bits per heavy atom. The van der Waals surface area contributed by atoms with Crippen LogP contribution in [0, 0.1) is 11.3 Å². The van der Waals surface area contributed by atoms with Gasteiger partial charge in [0.2, 0.25) is 0 Å². The fourth-order valence-corrected chi connectivity index (χ4v) is 3.35. The Balaban J connectivity index is 1.99. The van der Waals surface area contributed by atoms with Gasteiger partial charge in [0.25, 0.3) is 0 Å². The first-order valence-corrected chi connectivity index (χ1v) is 7.84. The summed E-state index contributed by atoms with van der Waals surface area (Å²) in [7, 11) is 0. The summed E-state index contributed by atoms with van der Waals surface area (Å²) in [6, 6.07) is 6.84. The predicted octanol–water partition coefficient (Wildman–Crippen LogP) is 4.75. The smallest absolute Gasteiger partial charge is 0.362 e. The van der Waals surface area contributed by atoms with Crippen molar-refractivity contribution in [2.75, 3.05) is 5.32 Å². The van der Waals surface area contributed by atoms with Crippen molar-refractivity contribution in [1.29, 1.82) is 5.26 Å². The number of alkyl halides is 3. The molecule has 3 aromatic rings. The Morgan fingerprint density at radius 3 is 2.71 bits per heavy atom. The van der Waals surface area contributed by atoms with E-state index in [9.17, 15) is 13.2 Å². The van der Waals surface area contributed by atoms with Crippen molar-refractivity contribution in [2.24, 2.45) is 0 Å². The molecule has 0 saturated carbocycles. The maximum atomic E-state index is 13.2. The molecule has 0 aliphatic rings. The fraction of sp³-hybridized carbons (Fsp3) is 0.188. The molecule has 122 valence electrons. The molecule has 3 rings (SSSR count). The molecule has 0 amide bonds. The fourth-order valence-electron chi connectivity index (χ4n) is 2.45. The van der Waals surface area contributed by atoms with Gasteiger partial charge in [0.05, 0.1) is 21.9 Å². The second kappa shape index (κ2) is 6.09. The molecule has 0 aliphatic carbocycles. The van der Waals surface area contributed by atoms with Crippen LogP contribution in [0.3, 0.4) is 0 Å². The summed E-state index contributed by atoms with van der Waals surface area (Å²) in [5.41, 5.74) is 0.369. The minimum absolute atomic E-state index is 0.133. The van der Waals surface area contributed by atoms with E-state index in [4.69, 9.17) is 5.26 Å². The molecular weight excluding hydrogens is 337 g/mol. The van der Waals surface area contributed by atoms with E-state index in [1.165, 1.54) is 29.8 Å². The first-order valence-electron chi connectivity index (χ1n) is 6.96. The topological polar surface area (TPSA) is 61.6 Å². The van der Waals surface area contributed by atoms with Crippen LogP contribution >= 0.6 is 11.3 Å². The van der Waals surface area contributed by atoms with Crippen LogP contribution in [0.15, 0.2) is 36.0 Å². The van der Waals surface area contributed by atoms with Gasteiger partial charge in [0.15, 0.2) is 0 Å². The van der Waals surface area contributed by atoms with Crippen molar-refractivity contribution >= 4 is 27.4 Å². The van der Waals surface area contributed by atoms with E-state index in [1.807, 2.05) is 6.07 Å². The number of nitriles is 1. The number of hydrogen-bond acceptors (Lipinski definition) is 5. The van der Waals surface area contributed by atoms with E-state index in [0.717, 1.165) is 6.07 Å². The molecule has 1 N–H and O–H groups in total. The number of aromatic nitrogens is 2. The molecule has 0 saturated heterocycles. The first kappa shape index (κ1) is 16.2. The van der Waals surface area contributed by atoms with Gasteiger partial charge in [-0.05, 0) is 18.6 Å². The van der Waals surface area contributed by atoms with Crippen molar-refractivity contribution in [3.05, 3.63) is 52.7 Å². The predicted molar refractivity (Wildman–Crippen MR) is 85.6 cm³/mol. The monoisotopic (exact) mass is 348 g/mol. The number of hydrogen-bond donors (Lipinski definition) is 1. The highest BCUT2D eigenvalue weighted by Crippen LogP contribution is 2.36. The Kier molecular flexibility index (Phi) is 4.11. The third-order valence-corrected chi connectivity index (χ3v) is 4.54. The lowest BCUT2D eigenvalue weighted by atomic mass is 10.0. The van der Waals surface area contributed by atoms with Crippen molar-refractivity contribution in [3.8, 4) is 6.07 Å². The summed E-state index contributed by atoms with van der Waals surface area (Å²) in [6.45, 7) is 1.64. The van der Waals surface area contributed by atoms with Crippen LogP contribution < -0.4 is 5.32 Å². The standard InChI is InChI=1S/C16H11F3N4S/c1-9(11-4-2-3-5-12(11)16(17,18)19)23-15-14-13(21-8-22-15)10(6-20)7-24-14/h2-5,7-9H,1H3,(H,21,22,23).